The van der Waals surface area contributed by atoms with Crippen molar-refractivity contribution in [2.75, 3.05) is 13.7 Å². The van der Waals surface area contributed by atoms with Crippen LogP contribution in [0.15, 0.2) is 6.20 Å². The predicted molar refractivity (Wildman–Crippen MR) is 86.8 cm³/mol. The van der Waals surface area contributed by atoms with Gasteiger partial charge in [-0.15, -0.1) is 0 Å². The van der Waals surface area contributed by atoms with Crippen molar-refractivity contribution in [2.45, 2.75) is 70.6 Å². The summed E-state index contributed by atoms with van der Waals surface area (Å²) in [4.78, 5) is 0. The van der Waals surface area contributed by atoms with Gasteiger partial charge in [0.15, 0.2) is 0 Å². The van der Waals surface area contributed by atoms with E-state index in [1.54, 1.807) is 6.20 Å². The van der Waals surface area contributed by atoms with Crippen molar-refractivity contribution in [1.82, 2.24) is 15.1 Å². The number of nitrogens with one attached hydrogen (secondary N) is 1. The highest BCUT2D eigenvalue weighted by atomic mass is 35.5. The Hall–Kier alpha value is -0.580. The zero-order valence-electron chi connectivity index (χ0n) is 13.5. The zero-order chi connectivity index (χ0) is 15.3. The molecule has 4 nitrogen and oxygen atoms in total. The summed E-state index contributed by atoms with van der Waals surface area (Å²) < 4.78 is 8.31. The molecular formula is C16H28ClN3O. The second-order valence-electron chi connectivity index (χ2n) is 5.88. The Balaban J connectivity index is 2.38. The minimum Gasteiger partial charge on any atom is -0.373 e. The molecule has 0 bridgehead atoms. The Morgan fingerprint density at radius 1 is 1.38 bits per heavy atom. The SMILES string of the molecule is CCCn1ncc(Cl)c1C(NC)C1(OCC)CCCCC1. The van der Waals surface area contributed by atoms with Crippen LogP contribution in [0.5, 0.6) is 0 Å². The van der Waals surface area contributed by atoms with Crippen LogP contribution >= 0.6 is 11.6 Å². The summed E-state index contributed by atoms with van der Waals surface area (Å²) in [7, 11) is 2.00. The topological polar surface area (TPSA) is 39.1 Å². The normalized spacial score (nSPS) is 19.6. The Morgan fingerprint density at radius 3 is 2.67 bits per heavy atom. The van der Waals surface area contributed by atoms with Gasteiger partial charge in [-0.1, -0.05) is 37.8 Å². The van der Waals surface area contributed by atoms with E-state index >= 15 is 0 Å². The lowest BCUT2D eigenvalue weighted by molar-refractivity contribution is -0.0914. The Morgan fingerprint density at radius 2 is 2.10 bits per heavy atom. The first-order chi connectivity index (χ1) is 10.2. The van der Waals surface area contributed by atoms with Crippen LogP contribution in [0, 0.1) is 0 Å². The minimum atomic E-state index is -0.156. The molecule has 1 aromatic heterocycles. The van der Waals surface area contributed by atoms with Gasteiger partial charge in [0.25, 0.3) is 0 Å². The molecule has 0 saturated heterocycles. The van der Waals surface area contributed by atoms with Gasteiger partial charge in [0.2, 0.25) is 0 Å². The molecule has 1 unspecified atom stereocenters. The van der Waals surface area contributed by atoms with E-state index in [-0.39, 0.29) is 11.6 Å². The summed E-state index contributed by atoms with van der Waals surface area (Å²) in [5, 5.41) is 8.66. The number of halogens is 1. The second kappa shape index (κ2) is 7.61. The van der Waals surface area contributed by atoms with E-state index in [0.717, 1.165) is 43.1 Å². The molecule has 0 radical (unpaired) electrons. The van der Waals surface area contributed by atoms with Crippen LogP contribution in [0.2, 0.25) is 5.02 Å². The highest BCUT2D eigenvalue weighted by molar-refractivity contribution is 6.31. The lowest BCUT2D eigenvalue weighted by atomic mass is 9.77. The maximum atomic E-state index is 6.46. The molecular weight excluding hydrogens is 286 g/mol. The van der Waals surface area contributed by atoms with Crippen LogP contribution in [0.4, 0.5) is 0 Å². The third kappa shape index (κ3) is 3.43. The number of aryl methyl sites for hydroxylation is 1. The molecule has 1 fully saturated rings. The predicted octanol–water partition coefficient (Wildman–Crippen LogP) is 3.95. The van der Waals surface area contributed by atoms with Crippen LogP contribution in [0.1, 0.15) is 64.1 Å². The smallest absolute Gasteiger partial charge is 0.0891 e. The third-order valence-electron chi connectivity index (χ3n) is 4.49. The van der Waals surface area contributed by atoms with Crippen molar-refractivity contribution < 1.29 is 4.74 Å². The highest BCUT2D eigenvalue weighted by Gasteiger charge is 2.43. The van der Waals surface area contributed by atoms with Gasteiger partial charge < -0.3 is 10.1 Å². The average molecular weight is 314 g/mol. The van der Waals surface area contributed by atoms with Crippen LogP contribution in [0.3, 0.4) is 0 Å². The van der Waals surface area contributed by atoms with Crippen molar-refractivity contribution in [3.63, 3.8) is 0 Å². The average Bonchev–Trinajstić information content (AvgIpc) is 2.83. The van der Waals surface area contributed by atoms with Crippen LogP contribution in [0.25, 0.3) is 0 Å². The summed E-state index contributed by atoms with van der Waals surface area (Å²) in [5.41, 5.74) is 0.924. The fourth-order valence-corrected chi connectivity index (χ4v) is 3.90. The summed E-state index contributed by atoms with van der Waals surface area (Å²) in [6.07, 6.45) is 8.71. The lowest BCUT2D eigenvalue weighted by Crippen LogP contribution is -2.47. The van der Waals surface area contributed by atoms with Crippen molar-refractivity contribution in [2.24, 2.45) is 0 Å². The summed E-state index contributed by atoms with van der Waals surface area (Å²) in [6, 6.07) is 0.0966. The first kappa shape index (κ1) is 16.8. The first-order valence-electron chi connectivity index (χ1n) is 8.21. The molecule has 2 rings (SSSR count). The molecule has 0 spiro atoms. The summed E-state index contributed by atoms with van der Waals surface area (Å²) in [5.74, 6) is 0. The molecule has 1 saturated carbocycles. The van der Waals surface area contributed by atoms with Gasteiger partial charge >= 0.3 is 0 Å². The van der Waals surface area contributed by atoms with Crippen molar-refractivity contribution >= 4 is 11.6 Å². The quantitative estimate of drug-likeness (QED) is 0.828. The zero-order valence-corrected chi connectivity index (χ0v) is 14.2. The molecule has 1 aliphatic carbocycles. The molecule has 1 N–H and O–H groups in total. The fraction of sp³-hybridized carbons (Fsp3) is 0.812. The van der Waals surface area contributed by atoms with Crippen molar-refractivity contribution in [3.8, 4) is 0 Å². The maximum absolute atomic E-state index is 6.46. The lowest BCUT2D eigenvalue weighted by Gasteiger charge is -2.43. The van der Waals surface area contributed by atoms with E-state index in [9.17, 15) is 0 Å². The molecule has 5 heteroatoms. The van der Waals surface area contributed by atoms with E-state index in [0.29, 0.717) is 0 Å². The molecule has 21 heavy (non-hydrogen) atoms. The van der Waals surface area contributed by atoms with Crippen LogP contribution in [-0.2, 0) is 11.3 Å². The number of ether oxygens (including phenoxy) is 1. The molecule has 0 aliphatic heterocycles. The molecule has 1 atom stereocenters. The van der Waals surface area contributed by atoms with E-state index in [1.807, 2.05) is 11.7 Å². The van der Waals surface area contributed by atoms with E-state index < -0.39 is 0 Å². The first-order valence-corrected chi connectivity index (χ1v) is 8.58. The van der Waals surface area contributed by atoms with Gasteiger partial charge in [-0.2, -0.15) is 5.10 Å². The van der Waals surface area contributed by atoms with Crippen LogP contribution < -0.4 is 5.32 Å². The number of rotatable bonds is 7. The molecule has 1 aromatic rings. The number of hydrogen-bond acceptors (Lipinski definition) is 3. The van der Waals surface area contributed by atoms with Crippen molar-refractivity contribution in [3.05, 3.63) is 16.9 Å². The number of aromatic nitrogens is 2. The standard InChI is InChI=1S/C16H28ClN3O/c1-4-11-20-14(13(17)12-19-20)15(18-3)16(21-5-2)9-7-6-8-10-16/h12,15,18H,4-11H2,1-3H3. The van der Waals surface area contributed by atoms with E-state index in [1.165, 1.54) is 19.3 Å². The molecule has 1 aliphatic rings. The van der Waals surface area contributed by atoms with E-state index in [4.69, 9.17) is 16.3 Å². The Bertz CT molecular complexity index is 435. The minimum absolute atomic E-state index is 0.0966. The molecule has 0 amide bonds. The number of hydrogen-bond donors (Lipinski definition) is 1. The van der Waals surface area contributed by atoms with Gasteiger partial charge in [-0.3, -0.25) is 4.68 Å². The number of likely N-dealkylation sites (N-methyl/N-ethyl adjacent to an activating group) is 1. The van der Waals surface area contributed by atoms with Gasteiger partial charge in [-0.25, -0.2) is 0 Å². The van der Waals surface area contributed by atoms with Gasteiger partial charge in [0.1, 0.15) is 0 Å². The molecule has 120 valence electrons. The maximum Gasteiger partial charge on any atom is 0.0891 e. The van der Waals surface area contributed by atoms with Crippen molar-refractivity contribution in [1.29, 1.82) is 0 Å². The summed E-state index contributed by atoms with van der Waals surface area (Å²) in [6.45, 7) is 5.86. The molecule has 0 aromatic carbocycles. The van der Waals surface area contributed by atoms with Gasteiger partial charge in [0, 0.05) is 13.2 Å². The molecule has 1 heterocycles. The van der Waals surface area contributed by atoms with Gasteiger partial charge in [-0.05, 0) is 33.2 Å². The third-order valence-corrected chi connectivity index (χ3v) is 4.78. The fourth-order valence-electron chi connectivity index (χ4n) is 3.65. The van der Waals surface area contributed by atoms with Crippen LogP contribution in [-0.4, -0.2) is 29.0 Å². The summed E-state index contributed by atoms with van der Waals surface area (Å²) >= 11 is 6.46. The van der Waals surface area contributed by atoms with Gasteiger partial charge in [0.05, 0.1) is 28.6 Å². The Labute approximate surface area is 133 Å². The Kier molecular flexibility index (Phi) is 6.08. The number of nitrogens with zero attached hydrogens (tertiary/aromatic N) is 2. The highest BCUT2D eigenvalue weighted by Crippen LogP contribution is 2.43. The monoisotopic (exact) mass is 313 g/mol. The van der Waals surface area contributed by atoms with E-state index in [2.05, 4.69) is 24.3 Å². The second-order valence-corrected chi connectivity index (χ2v) is 6.29. The largest absolute Gasteiger partial charge is 0.373 e.